The summed E-state index contributed by atoms with van der Waals surface area (Å²) in [5, 5.41) is 10.1. The van der Waals surface area contributed by atoms with Gasteiger partial charge in [0.25, 0.3) is 5.91 Å². The summed E-state index contributed by atoms with van der Waals surface area (Å²) >= 11 is 0. The number of para-hydroxylation sites is 1. The number of nitrogens with two attached hydrogens (primary N) is 1. The number of rotatable bonds is 3. The van der Waals surface area contributed by atoms with Crippen LogP contribution in [-0.2, 0) is 4.79 Å². The summed E-state index contributed by atoms with van der Waals surface area (Å²) in [5.74, 6) is -1.53. The molecule has 0 saturated carbocycles. The van der Waals surface area contributed by atoms with Crippen LogP contribution in [0, 0.1) is 0 Å². The standard InChI is InChI=1S/C11H9NO5/c12-8(13)5-16-10-9(14)6-3-1-2-4-7(6)17-11(10)15/h1-4,14H,5H2,(H2,12,13). The molecule has 0 radical (unpaired) electrons. The lowest BCUT2D eigenvalue weighted by molar-refractivity contribution is -0.120. The van der Waals surface area contributed by atoms with E-state index in [1.54, 1.807) is 18.2 Å². The van der Waals surface area contributed by atoms with Gasteiger partial charge in [-0.1, -0.05) is 12.1 Å². The van der Waals surface area contributed by atoms with Crippen LogP contribution < -0.4 is 16.1 Å². The summed E-state index contributed by atoms with van der Waals surface area (Å²) in [6.45, 7) is -0.503. The molecular weight excluding hydrogens is 226 g/mol. The quantitative estimate of drug-likeness (QED) is 0.748. The van der Waals surface area contributed by atoms with Crippen LogP contribution in [0.4, 0.5) is 0 Å². The van der Waals surface area contributed by atoms with E-state index < -0.39 is 23.9 Å². The summed E-state index contributed by atoms with van der Waals surface area (Å²) in [6, 6.07) is 6.42. The Morgan fingerprint density at radius 2 is 2.12 bits per heavy atom. The van der Waals surface area contributed by atoms with Gasteiger partial charge in [-0.2, -0.15) is 0 Å². The number of fused-ring (bicyclic) bond motifs is 1. The Morgan fingerprint density at radius 1 is 1.41 bits per heavy atom. The Bertz CT molecular complexity index is 631. The van der Waals surface area contributed by atoms with Crippen molar-refractivity contribution < 1.29 is 19.1 Å². The highest BCUT2D eigenvalue weighted by molar-refractivity contribution is 5.85. The monoisotopic (exact) mass is 235 g/mol. The molecule has 1 aromatic carbocycles. The van der Waals surface area contributed by atoms with Crippen molar-refractivity contribution in [3.63, 3.8) is 0 Å². The van der Waals surface area contributed by atoms with Crippen LogP contribution >= 0.6 is 0 Å². The Kier molecular flexibility index (Phi) is 2.70. The number of ether oxygens (including phenoxy) is 1. The van der Waals surface area contributed by atoms with Crippen LogP contribution in [0.2, 0.25) is 0 Å². The second kappa shape index (κ2) is 4.17. The fourth-order valence-corrected chi connectivity index (χ4v) is 1.39. The molecule has 1 heterocycles. The normalized spacial score (nSPS) is 10.4. The molecule has 0 aliphatic heterocycles. The zero-order valence-corrected chi connectivity index (χ0v) is 8.67. The molecule has 1 amide bonds. The van der Waals surface area contributed by atoms with Gasteiger partial charge in [-0.25, -0.2) is 4.79 Å². The molecule has 2 rings (SSSR count). The Balaban J connectivity index is 2.56. The van der Waals surface area contributed by atoms with Crippen molar-refractivity contribution in [1.82, 2.24) is 0 Å². The number of amides is 1. The highest BCUT2D eigenvalue weighted by Crippen LogP contribution is 2.30. The largest absolute Gasteiger partial charge is 0.504 e. The van der Waals surface area contributed by atoms with Crippen LogP contribution in [0.15, 0.2) is 33.5 Å². The van der Waals surface area contributed by atoms with E-state index in [1.165, 1.54) is 6.07 Å². The van der Waals surface area contributed by atoms with E-state index in [4.69, 9.17) is 14.9 Å². The minimum Gasteiger partial charge on any atom is -0.504 e. The van der Waals surface area contributed by atoms with Gasteiger partial charge < -0.3 is 20.0 Å². The van der Waals surface area contributed by atoms with E-state index in [-0.39, 0.29) is 11.3 Å². The molecule has 88 valence electrons. The Hall–Kier alpha value is -2.50. The average molecular weight is 235 g/mol. The first kappa shape index (κ1) is 11.0. The highest BCUT2D eigenvalue weighted by atomic mass is 16.5. The third-order valence-electron chi connectivity index (χ3n) is 2.10. The topological polar surface area (TPSA) is 103 Å². The number of hydrogen-bond acceptors (Lipinski definition) is 5. The van der Waals surface area contributed by atoms with E-state index in [0.29, 0.717) is 5.39 Å². The molecule has 6 nitrogen and oxygen atoms in total. The van der Waals surface area contributed by atoms with Crippen LogP contribution in [0.5, 0.6) is 11.5 Å². The minimum atomic E-state index is -0.859. The van der Waals surface area contributed by atoms with Crippen molar-refractivity contribution in [3.8, 4) is 11.5 Å². The van der Waals surface area contributed by atoms with Gasteiger partial charge in [0.1, 0.15) is 5.58 Å². The fraction of sp³-hybridized carbons (Fsp3) is 0.0909. The van der Waals surface area contributed by atoms with Gasteiger partial charge in [-0.15, -0.1) is 0 Å². The van der Waals surface area contributed by atoms with Gasteiger partial charge in [0.2, 0.25) is 5.75 Å². The SMILES string of the molecule is NC(=O)COc1c(O)c2ccccc2oc1=O. The van der Waals surface area contributed by atoms with Crippen LogP contribution in [-0.4, -0.2) is 17.6 Å². The van der Waals surface area contributed by atoms with Gasteiger partial charge in [0.15, 0.2) is 12.4 Å². The van der Waals surface area contributed by atoms with Crippen LogP contribution in [0.25, 0.3) is 11.0 Å². The molecule has 0 aliphatic rings. The second-order valence-corrected chi connectivity index (χ2v) is 3.32. The molecule has 6 heteroatoms. The number of carbonyl (C=O) groups excluding carboxylic acids is 1. The summed E-state index contributed by atoms with van der Waals surface area (Å²) < 4.78 is 9.72. The average Bonchev–Trinajstić information content (AvgIpc) is 2.28. The molecule has 17 heavy (non-hydrogen) atoms. The predicted octanol–water partition coefficient (Wildman–Crippen LogP) is 0.363. The molecule has 0 fully saturated rings. The first-order chi connectivity index (χ1) is 8.09. The number of hydrogen-bond donors (Lipinski definition) is 2. The lowest BCUT2D eigenvalue weighted by atomic mass is 10.2. The lowest BCUT2D eigenvalue weighted by Crippen LogP contribution is -2.22. The zero-order valence-electron chi connectivity index (χ0n) is 8.67. The summed E-state index contributed by atoms with van der Waals surface area (Å²) in [6.07, 6.45) is 0. The van der Waals surface area contributed by atoms with Gasteiger partial charge in [-0.05, 0) is 12.1 Å². The molecule has 3 N–H and O–H groups in total. The van der Waals surface area contributed by atoms with Crippen LogP contribution in [0.1, 0.15) is 0 Å². The van der Waals surface area contributed by atoms with Crippen molar-refractivity contribution >= 4 is 16.9 Å². The molecule has 0 saturated heterocycles. The van der Waals surface area contributed by atoms with Crippen molar-refractivity contribution in [2.24, 2.45) is 5.73 Å². The van der Waals surface area contributed by atoms with E-state index in [1.807, 2.05) is 0 Å². The van der Waals surface area contributed by atoms with Gasteiger partial charge in [0, 0.05) is 0 Å². The number of primary amides is 1. The highest BCUT2D eigenvalue weighted by Gasteiger charge is 2.15. The van der Waals surface area contributed by atoms with E-state index in [0.717, 1.165) is 0 Å². The molecule has 1 aromatic heterocycles. The Morgan fingerprint density at radius 3 is 2.82 bits per heavy atom. The second-order valence-electron chi connectivity index (χ2n) is 3.32. The summed E-state index contributed by atoms with van der Waals surface area (Å²) in [4.78, 5) is 22.0. The van der Waals surface area contributed by atoms with E-state index in [9.17, 15) is 14.7 Å². The molecule has 0 atom stereocenters. The van der Waals surface area contributed by atoms with Crippen molar-refractivity contribution in [2.75, 3.05) is 6.61 Å². The van der Waals surface area contributed by atoms with Gasteiger partial charge in [0.05, 0.1) is 5.39 Å². The molecule has 0 spiro atoms. The molecular formula is C11H9NO5. The van der Waals surface area contributed by atoms with Crippen molar-refractivity contribution in [3.05, 3.63) is 34.7 Å². The number of aromatic hydroxyl groups is 1. The van der Waals surface area contributed by atoms with Gasteiger partial charge in [-0.3, -0.25) is 4.79 Å². The third-order valence-corrected chi connectivity index (χ3v) is 2.10. The maximum atomic E-state index is 11.5. The summed E-state index contributed by atoms with van der Waals surface area (Å²) in [5.41, 5.74) is 4.25. The van der Waals surface area contributed by atoms with Crippen LogP contribution in [0.3, 0.4) is 0 Å². The molecule has 0 aliphatic carbocycles. The minimum absolute atomic E-state index is 0.237. The maximum Gasteiger partial charge on any atom is 0.383 e. The lowest BCUT2D eigenvalue weighted by Gasteiger charge is -2.06. The molecule has 0 unspecified atom stereocenters. The fourth-order valence-electron chi connectivity index (χ4n) is 1.39. The molecule has 0 bridgehead atoms. The van der Waals surface area contributed by atoms with Gasteiger partial charge >= 0.3 is 5.63 Å². The first-order valence-electron chi connectivity index (χ1n) is 4.75. The summed E-state index contributed by atoms with van der Waals surface area (Å²) in [7, 11) is 0. The number of carbonyl (C=O) groups is 1. The predicted molar refractivity (Wildman–Crippen MR) is 58.8 cm³/mol. The van der Waals surface area contributed by atoms with Crippen molar-refractivity contribution in [2.45, 2.75) is 0 Å². The zero-order chi connectivity index (χ0) is 12.4. The number of benzene rings is 1. The van der Waals surface area contributed by atoms with E-state index in [2.05, 4.69) is 0 Å². The maximum absolute atomic E-state index is 11.5. The Labute approximate surface area is 95.2 Å². The third kappa shape index (κ3) is 2.05. The molecule has 2 aromatic rings. The smallest absolute Gasteiger partial charge is 0.383 e. The van der Waals surface area contributed by atoms with Crippen molar-refractivity contribution in [1.29, 1.82) is 0 Å². The first-order valence-corrected chi connectivity index (χ1v) is 4.75. The van der Waals surface area contributed by atoms with E-state index >= 15 is 0 Å².